The molecule has 0 aliphatic carbocycles. The molecular weight excluding hydrogens is 476 g/mol. The number of rotatable bonds is 6. The molecule has 1 amide bonds. The van der Waals surface area contributed by atoms with Crippen LogP contribution < -0.4 is 5.32 Å². The Labute approximate surface area is 212 Å². The normalized spacial score (nSPS) is 17.0. The number of hydrogen-bond acceptors (Lipinski definition) is 6. The molecule has 1 N–H and O–H groups in total. The smallest absolute Gasteiger partial charge is 0.248 e. The number of benzene rings is 1. The van der Waals surface area contributed by atoms with Crippen LogP contribution in [0, 0.1) is 40.5 Å². The van der Waals surface area contributed by atoms with Crippen molar-refractivity contribution in [3.63, 3.8) is 0 Å². The summed E-state index contributed by atoms with van der Waals surface area (Å²) in [5.41, 5.74) is 5.65. The number of piperidine rings is 1. The van der Waals surface area contributed by atoms with Gasteiger partial charge in [-0.25, -0.2) is 13.4 Å². The van der Waals surface area contributed by atoms with Crippen LogP contribution in [-0.4, -0.2) is 41.9 Å². The van der Waals surface area contributed by atoms with Crippen LogP contribution in [0.15, 0.2) is 39.9 Å². The zero-order chi connectivity index (χ0) is 26.0. The van der Waals surface area contributed by atoms with Crippen LogP contribution >= 0.6 is 0 Å². The summed E-state index contributed by atoms with van der Waals surface area (Å²) in [6, 6.07) is 7.77. The lowest BCUT2D eigenvalue weighted by Crippen LogP contribution is -2.44. The minimum Gasteiger partial charge on any atom is -0.355 e. The van der Waals surface area contributed by atoms with Gasteiger partial charge in [-0.1, -0.05) is 35.0 Å². The van der Waals surface area contributed by atoms with Gasteiger partial charge in [-0.15, -0.1) is 0 Å². The Morgan fingerprint density at radius 1 is 1.08 bits per heavy atom. The molecule has 190 valence electrons. The molecule has 2 aromatic heterocycles. The number of carbonyl (C=O) groups excluding carboxylic acids is 1. The van der Waals surface area contributed by atoms with E-state index in [1.54, 1.807) is 25.3 Å². The van der Waals surface area contributed by atoms with E-state index in [-0.39, 0.29) is 23.1 Å². The fourth-order valence-electron chi connectivity index (χ4n) is 4.69. The monoisotopic (exact) mass is 508 g/mol. The SMILES string of the molecule is Cc1ccc(NC(=O)[C@H]2CCCN(S(=O)(=O)c3c(C)noc3/C=C/c3c(C)cc(C)cc3C)C2)nc1. The summed E-state index contributed by atoms with van der Waals surface area (Å²) in [5.74, 6) is -0.0794. The number of amides is 1. The van der Waals surface area contributed by atoms with Crippen LogP contribution in [-0.2, 0) is 14.8 Å². The number of pyridine rings is 1. The topological polar surface area (TPSA) is 105 Å². The molecule has 0 bridgehead atoms. The molecule has 4 rings (SSSR count). The molecule has 3 heterocycles. The van der Waals surface area contributed by atoms with Crippen LogP contribution in [0.2, 0.25) is 0 Å². The number of aromatic nitrogens is 2. The third-order valence-corrected chi connectivity index (χ3v) is 8.51. The third-order valence-electron chi connectivity index (χ3n) is 6.49. The van der Waals surface area contributed by atoms with Crippen LogP contribution in [0.25, 0.3) is 12.2 Å². The quantitative estimate of drug-likeness (QED) is 0.512. The summed E-state index contributed by atoms with van der Waals surface area (Å²) in [6.45, 7) is 10.0. The largest absolute Gasteiger partial charge is 0.355 e. The van der Waals surface area contributed by atoms with E-state index >= 15 is 0 Å². The Hall–Kier alpha value is -3.30. The maximum absolute atomic E-state index is 13.7. The summed E-state index contributed by atoms with van der Waals surface area (Å²) in [7, 11) is -3.93. The molecule has 1 aliphatic rings. The lowest BCUT2D eigenvalue weighted by molar-refractivity contribution is -0.120. The van der Waals surface area contributed by atoms with Crippen molar-refractivity contribution in [2.24, 2.45) is 5.92 Å². The standard InChI is InChI=1S/C27H32N4O4S/c1-17-8-11-25(28-15-17)29-27(32)22-7-6-12-31(16-22)36(33,34)26-21(5)30-35-24(26)10-9-23-19(3)13-18(2)14-20(23)4/h8-11,13-15,22H,6-7,12,16H2,1-5H3,(H,28,29,32)/b10-9+/t22-/m0/s1. The van der Waals surface area contributed by atoms with Gasteiger partial charge < -0.3 is 9.84 Å². The Morgan fingerprint density at radius 3 is 2.47 bits per heavy atom. The number of carbonyl (C=O) groups is 1. The first-order valence-electron chi connectivity index (χ1n) is 12.0. The van der Waals surface area contributed by atoms with E-state index in [2.05, 4.69) is 27.6 Å². The van der Waals surface area contributed by atoms with Gasteiger partial charge in [0.25, 0.3) is 0 Å². The Kier molecular flexibility index (Phi) is 7.42. The Morgan fingerprint density at radius 2 is 1.81 bits per heavy atom. The molecule has 0 radical (unpaired) electrons. The van der Waals surface area contributed by atoms with Crippen molar-refractivity contribution in [1.29, 1.82) is 0 Å². The summed E-state index contributed by atoms with van der Waals surface area (Å²) in [4.78, 5) is 17.1. The highest BCUT2D eigenvalue weighted by Crippen LogP contribution is 2.30. The lowest BCUT2D eigenvalue weighted by atomic mass is 9.99. The van der Waals surface area contributed by atoms with Crippen LogP contribution in [0.1, 0.15) is 52.1 Å². The van der Waals surface area contributed by atoms with E-state index in [0.717, 1.165) is 22.3 Å². The first kappa shape index (κ1) is 25.8. The molecule has 1 saturated heterocycles. The summed E-state index contributed by atoms with van der Waals surface area (Å²) >= 11 is 0. The fourth-order valence-corrected chi connectivity index (χ4v) is 6.46. The van der Waals surface area contributed by atoms with E-state index in [4.69, 9.17) is 4.52 Å². The number of hydrogen-bond donors (Lipinski definition) is 1. The maximum Gasteiger partial charge on any atom is 0.248 e. The first-order chi connectivity index (χ1) is 17.1. The highest BCUT2D eigenvalue weighted by molar-refractivity contribution is 7.89. The Bertz CT molecular complexity index is 1390. The van der Waals surface area contributed by atoms with Gasteiger partial charge in [0.15, 0.2) is 10.7 Å². The first-order valence-corrected chi connectivity index (χ1v) is 13.5. The second-order valence-corrected chi connectivity index (χ2v) is 11.4. The van der Waals surface area contributed by atoms with E-state index in [9.17, 15) is 13.2 Å². The zero-order valence-electron chi connectivity index (χ0n) is 21.3. The molecule has 1 aliphatic heterocycles. The van der Waals surface area contributed by atoms with Crippen molar-refractivity contribution < 1.29 is 17.7 Å². The number of nitrogens with zero attached hydrogens (tertiary/aromatic N) is 3. The molecule has 0 unspecified atom stereocenters. The van der Waals surface area contributed by atoms with Crippen LogP contribution in [0.4, 0.5) is 5.82 Å². The average molecular weight is 509 g/mol. The lowest BCUT2D eigenvalue weighted by Gasteiger charge is -2.31. The highest BCUT2D eigenvalue weighted by atomic mass is 32.2. The van der Waals surface area contributed by atoms with Gasteiger partial charge in [0.1, 0.15) is 11.5 Å². The van der Waals surface area contributed by atoms with Gasteiger partial charge in [0, 0.05) is 19.3 Å². The van der Waals surface area contributed by atoms with Crippen molar-refractivity contribution in [2.75, 3.05) is 18.4 Å². The van der Waals surface area contributed by atoms with E-state index in [1.807, 2.05) is 39.8 Å². The van der Waals surface area contributed by atoms with Gasteiger partial charge >= 0.3 is 0 Å². The number of aryl methyl sites for hydroxylation is 5. The molecule has 36 heavy (non-hydrogen) atoms. The number of sulfonamides is 1. The summed E-state index contributed by atoms with van der Waals surface area (Å²) in [5, 5.41) is 6.75. The van der Waals surface area contributed by atoms with E-state index in [1.165, 1.54) is 9.87 Å². The summed E-state index contributed by atoms with van der Waals surface area (Å²) in [6.07, 6.45) is 6.39. The third kappa shape index (κ3) is 5.42. The van der Waals surface area contributed by atoms with Crippen molar-refractivity contribution in [3.8, 4) is 0 Å². The summed E-state index contributed by atoms with van der Waals surface area (Å²) < 4.78 is 34.2. The van der Waals surface area contributed by atoms with Crippen LogP contribution in [0.3, 0.4) is 0 Å². The predicted octanol–water partition coefficient (Wildman–Crippen LogP) is 4.82. The van der Waals surface area contributed by atoms with Gasteiger partial charge in [-0.2, -0.15) is 4.31 Å². The van der Waals surface area contributed by atoms with Crippen molar-refractivity contribution >= 4 is 33.9 Å². The minimum atomic E-state index is -3.93. The zero-order valence-corrected chi connectivity index (χ0v) is 22.1. The highest BCUT2D eigenvalue weighted by Gasteiger charge is 2.37. The number of nitrogens with one attached hydrogen (secondary N) is 1. The molecule has 9 heteroatoms. The molecular formula is C27H32N4O4S. The van der Waals surface area contributed by atoms with Crippen molar-refractivity contribution in [2.45, 2.75) is 52.4 Å². The average Bonchev–Trinajstić information content (AvgIpc) is 3.21. The van der Waals surface area contributed by atoms with E-state index in [0.29, 0.717) is 30.9 Å². The van der Waals surface area contributed by atoms with E-state index < -0.39 is 15.9 Å². The maximum atomic E-state index is 13.7. The fraction of sp³-hybridized carbons (Fsp3) is 0.370. The molecule has 1 aromatic carbocycles. The molecule has 1 fully saturated rings. The molecule has 1 atom stereocenters. The second kappa shape index (κ2) is 10.4. The molecule has 8 nitrogen and oxygen atoms in total. The molecule has 0 spiro atoms. The predicted molar refractivity (Wildman–Crippen MR) is 140 cm³/mol. The van der Waals surface area contributed by atoms with Crippen molar-refractivity contribution in [1.82, 2.24) is 14.4 Å². The van der Waals surface area contributed by atoms with Gasteiger partial charge in [-0.05, 0) is 81.9 Å². The Balaban J connectivity index is 1.56. The molecule has 3 aromatic rings. The van der Waals surface area contributed by atoms with Gasteiger partial charge in [-0.3, -0.25) is 4.79 Å². The van der Waals surface area contributed by atoms with Gasteiger partial charge in [0.05, 0.1) is 5.92 Å². The number of anilines is 1. The van der Waals surface area contributed by atoms with Crippen molar-refractivity contribution in [3.05, 3.63) is 69.7 Å². The second-order valence-electron chi connectivity index (χ2n) is 9.52. The minimum absolute atomic E-state index is 0.0439. The molecule has 0 saturated carbocycles. The van der Waals surface area contributed by atoms with Gasteiger partial charge in [0.2, 0.25) is 15.9 Å². The van der Waals surface area contributed by atoms with Crippen LogP contribution in [0.5, 0.6) is 0 Å².